The third-order valence-electron chi connectivity index (χ3n) is 2.97. The van der Waals surface area contributed by atoms with E-state index < -0.39 is 5.97 Å². The second-order valence-electron chi connectivity index (χ2n) is 4.43. The Bertz CT molecular complexity index is 692. The van der Waals surface area contributed by atoms with E-state index >= 15 is 0 Å². The van der Waals surface area contributed by atoms with E-state index in [2.05, 4.69) is 26.2 Å². The van der Waals surface area contributed by atoms with Crippen LogP contribution in [0.15, 0.2) is 28.9 Å². The smallest absolute Gasteiger partial charge is 0.339 e. The van der Waals surface area contributed by atoms with Gasteiger partial charge in [-0.3, -0.25) is 4.79 Å². The number of carbonyl (C=O) groups excluding carboxylic acids is 1. The van der Waals surface area contributed by atoms with E-state index in [1.54, 1.807) is 19.1 Å². The highest BCUT2D eigenvalue weighted by atomic mass is 79.9. The van der Waals surface area contributed by atoms with Gasteiger partial charge in [0.25, 0.3) is 5.91 Å². The van der Waals surface area contributed by atoms with Crippen LogP contribution in [0.1, 0.15) is 32.0 Å². The summed E-state index contributed by atoms with van der Waals surface area (Å²) in [5.74, 6) is -1.43. The number of amides is 1. The van der Waals surface area contributed by atoms with Gasteiger partial charge in [0.2, 0.25) is 0 Å². The summed E-state index contributed by atoms with van der Waals surface area (Å²) in [5.41, 5.74) is 2.31. The zero-order valence-electron chi connectivity index (χ0n) is 11.0. The molecule has 5 nitrogen and oxygen atoms in total. The molecule has 3 N–H and O–H groups in total. The predicted octanol–water partition coefficient (Wildman–Crippen LogP) is 3.34. The Kier molecular flexibility index (Phi) is 3.94. The summed E-state index contributed by atoms with van der Waals surface area (Å²) in [6.07, 6.45) is 1.47. The van der Waals surface area contributed by atoms with Gasteiger partial charge in [-0.25, -0.2) is 4.79 Å². The Morgan fingerprint density at radius 2 is 2.00 bits per heavy atom. The van der Waals surface area contributed by atoms with E-state index in [0.29, 0.717) is 11.3 Å². The molecule has 6 heteroatoms. The van der Waals surface area contributed by atoms with Gasteiger partial charge in [0.1, 0.15) is 5.56 Å². The molecule has 20 heavy (non-hydrogen) atoms. The van der Waals surface area contributed by atoms with Crippen LogP contribution in [0, 0.1) is 13.8 Å². The van der Waals surface area contributed by atoms with Gasteiger partial charge in [0.15, 0.2) is 0 Å². The van der Waals surface area contributed by atoms with E-state index in [9.17, 15) is 9.59 Å². The molecule has 0 atom stereocenters. The van der Waals surface area contributed by atoms with Crippen LogP contribution < -0.4 is 5.32 Å². The Hall–Kier alpha value is -2.08. The van der Waals surface area contributed by atoms with Crippen LogP contribution in [0.25, 0.3) is 0 Å². The van der Waals surface area contributed by atoms with Crippen LogP contribution in [-0.4, -0.2) is 22.0 Å². The number of anilines is 1. The van der Waals surface area contributed by atoms with Crippen LogP contribution in [0.3, 0.4) is 0 Å². The zero-order valence-corrected chi connectivity index (χ0v) is 12.5. The number of hydrogen-bond acceptors (Lipinski definition) is 2. The number of H-pyrrole nitrogens is 1. The molecule has 1 aromatic heterocycles. The fourth-order valence-corrected chi connectivity index (χ4v) is 2.21. The van der Waals surface area contributed by atoms with E-state index in [0.717, 1.165) is 10.0 Å². The molecule has 0 aliphatic carbocycles. The minimum Gasteiger partial charge on any atom is -0.478 e. The van der Waals surface area contributed by atoms with Gasteiger partial charge in [-0.05, 0) is 31.5 Å². The van der Waals surface area contributed by atoms with Gasteiger partial charge in [-0.1, -0.05) is 22.0 Å². The second kappa shape index (κ2) is 5.50. The third kappa shape index (κ3) is 2.75. The van der Waals surface area contributed by atoms with Crippen molar-refractivity contribution in [1.82, 2.24) is 4.98 Å². The van der Waals surface area contributed by atoms with Gasteiger partial charge in [-0.15, -0.1) is 0 Å². The Labute approximate surface area is 124 Å². The van der Waals surface area contributed by atoms with Gasteiger partial charge in [-0.2, -0.15) is 0 Å². The van der Waals surface area contributed by atoms with Crippen molar-refractivity contribution in [1.29, 1.82) is 0 Å². The number of carboxylic acid groups (broad SMARTS) is 1. The minimum atomic E-state index is -1.08. The molecule has 0 spiro atoms. The number of rotatable bonds is 3. The molecule has 1 amide bonds. The predicted molar refractivity (Wildman–Crippen MR) is 79.3 cm³/mol. The molecule has 2 aromatic rings. The number of aromatic amines is 1. The van der Waals surface area contributed by atoms with Crippen molar-refractivity contribution in [3.05, 3.63) is 51.3 Å². The first-order valence-corrected chi connectivity index (χ1v) is 6.68. The first kappa shape index (κ1) is 14.3. The summed E-state index contributed by atoms with van der Waals surface area (Å²) < 4.78 is 0.828. The minimum absolute atomic E-state index is 0.0736. The second-order valence-corrected chi connectivity index (χ2v) is 5.28. The molecule has 2 rings (SSSR count). The largest absolute Gasteiger partial charge is 0.478 e. The molecular formula is C14H13BrN2O3. The highest BCUT2D eigenvalue weighted by Crippen LogP contribution is 2.22. The number of hydrogen-bond donors (Lipinski definition) is 3. The number of aryl methyl sites for hydroxylation is 2. The number of nitrogens with one attached hydrogen (secondary N) is 2. The van der Waals surface area contributed by atoms with Crippen LogP contribution >= 0.6 is 15.9 Å². The molecule has 104 valence electrons. The van der Waals surface area contributed by atoms with Gasteiger partial charge < -0.3 is 15.4 Å². The molecule has 1 aromatic carbocycles. The third-order valence-corrected chi connectivity index (χ3v) is 3.83. The van der Waals surface area contributed by atoms with Crippen molar-refractivity contribution in [3.8, 4) is 0 Å². The number of halogens is 1. The van der Waals surface area contributed by atoms with Crippen LogP contribution in [0.2, 0.25) is 0 Å². The summed E-state index contributed by atoms with van der Waals surface area (Å²) in [4.78, 5) is 26.1. The van der Waals surface area contributed by atoms with Crippen molar-refractivity contribution in [2.45, 2.75) is 13.8 Å². The van der Waals surface area contributed by atoms with Crippen molar-refractivity contribution in [3.63, 3.8) is 0 Å². The SMILES string of the molecule is Cc1ccc(C(=O)Nc2c[nH]c(C)c2C(=O)O)cc1Br. The maximum atomic E-state index is 12.1. The van der Waals surface area contributed by atoms with Crippen LogP contribution in [-0.2, 0) is 0 Å². The molecule has 1 heterocycles. The van der Waals surface area contributed by atoms with Crippen molar-refractivity contribution in [2.24, 2.45) is 0 Å². The molecule has 0 saturated heterocycles. The molecule has 0 aliphatic rings. The quantitative estimate of drug-likeness (QED) is 0.803. The van der Waals surface area contributed by atoms with Crippen molar-refractivity contribution >= 4 is 33.5 Å². The average Bonchev–Trinajstić information content (AvgIpc) is 2.73. The fraction of sp³-hybridized carbons (Fsp3) is 0.143. The number of carbonyl (C=O) groups is 2. The molecule has 0 radical (unpaired) electrons. The lowest BCUT2D eigenvalue weighted by Gasteiger charge is -2.06. The molecule has 0 saturated carbocycles. The summed E-state index contributed by atoms with van der Waals surface area (Å²) in [6, 6.07) is 5.21. The maximum absolute atomic E-state index is 12.1. The summed E-state index contributed by atoms with van der Waals surface area (Å²) in [6.45, 7) is 3.56. The topological polar surface area (TPSA) is 82.2 Å². The van der Waals surface area contributed by atoms with Gasteiger partial charge in [0, 0.05) is 21.9 Å². The molecular weight excluding hydrogens is 324 g/mol. The molecule has 0 aliphatic heterocycles. The lowest BCUT2D eigenvalue weighted by atomic mass is 10.1. The highest BCUT2D eigenvalue weighted by molar-refractivity contribution is 9.10. The van der Waals surface area contributed by atoms with Crippen LogP contribution in [0.5, 0.6) is 0 Å². The lowest BCUT2D eigenvalue weighted by molar-refractivity contribution is 0.0697. The monoisotopic (exact) mass is 336 g/mol. The van der Waals surface area contributed by atoms with E-state index in [1.165, 1.54) is 6.20 Å². The standard InChI is InChI=1S/C14H13BrN2O3/c1-7-3-4-9(5-10(7)15)13(18)17-11-6-16-8(2)12(11)14(19)20/h3-6,16H,1-2H3,(H,17,18)(H,19,20). The Morgan fingerprint density at radius 1 is 1.30 bits per heavy atom. The van der Waals surface area contributed by atoms with Crippen LogP contribution in [0.4, 0.5) is 5.69 Å². The number of benzene rings is 1. The first-order chi connectivity index (χ1) is 9.40. The zero-order chi connectivity index (χ0) is 14.9. The molecule has 0 unspecified atom stereocenters. The molecule has 0 fully saturated rings. The maximum Gasteiger partial charge on any atom is 0.339 e. The molecule has 0 bridgehead atoms. The normalized spacial score (nSPS) is 10.3. The number of carboxylic acids is 1. The Morgan fingerprint density at radius 3 is 2.60 bits per heavy atom. The van der Waals surface area contributed by atoms with Crippen molar-refractivity contribution in [2.75, 3.05) is 5.32 Å². The van der Waals surface area contributed by atoms with E-state index in [-0.39, 0.29) is 17.2 Å². The Balaban J connectivity index is 2.28. The summed E-state index contributed by atoms with van der Waals surface area (Å²) >= 11 is 3.36. The van der Waals surface area contributed by atoms with E-state index in [1.807, 2.05) is 13.0 Å². The van der Waals surface area contributed by atoms with Crippen molar-refractivity contribution < 1.29 is 14.7 Å². The average molecular weight is 337 g/mol. The number of aromatic nitrogens is 1. The van der Waals surface area contributed by atoms with Gasteiger partial charge in [0.05, 0.1) is 5.69 Å². The highest BCUT2D eigenvalue weighted by Gasteiger charge is 2.17. The van der Waals surface area contributed by atoms with Gasteiger partial charge >= 0.3 is 5.97 Å². The van der Waals surface area contributed by atoms with E-state index in [4.69, 9.17) is 5.11 Å². The fourth-order valence-electron chi connectivity index (χ4n) is 1.83. The summed E-state index contributed by atoms with van der Waals surface area (Å²) in [7, 11) is 0. The summed E-state index contributed by atoms with van der Waals surface area (Å²) in [5, 5.41) is 11.7. The lowest BCUT2D eigenvalue weighted by Crippen LogP contribution is -2.14. The first-order valence-electron chi connectivity index (χ1n) is 5.89. The number of aromatic carboxylic acids is 1.